The first-order valence-corrected chi connectivity index (χ1v) is 12.2. The zero-order chi connectivity index (χ0) is 23.1. The van der Waals surface area contributed by atoms with Crippen LogP contribution in [0.3, 0.4) is 0 Å². The van der Waals surface area contributed by atoms with Crippen LogP contribution in [0.4, 0.5) is 5.69 Å². The van der Waals surface area contributed by atoms with E-state index >= 15 is 0 Å². The lowest BCUT2D eigenvalue weighted by atomic mass is 10.1. The van der Waals surface area contributed by atoms with Gasteiger partial charge in [-0.15, -0.1) is 0 Å². The lowest BCUT2D eigenvalue weighted by molar-refractivity contribution is 0.0955. The van der Waals surface area contributed by atoms with Gasteiger partial charge in [0.2, 0.25) is 10.0 Å². The van der Waals surface area contributed by atoms with Gasteiger partial charge in [0.25, 0.3) is 5.91 Å². The molecule has 9 heteroatoms. The quantitative estimate of drug-likeness (QED) is 0.359. The topological polar surface area (TPSA) is 88.1 Å². The fourth-order valence-corrected chi connectivity index (χ4v) is 4.32. The average molecular weight is 516 g/mol. The lowest BCUT2D eigenvalue weighted by Crippen LogP contribution is -2.32. The number of halogens is 1. The molecule has 0 spiro atoms. The van der Waals surface area contributed by atoms with Crippen LogP contribution in [0.15, 0.2) is 82.4 Å². The van der Waals surface area contributed by atoms with Crippen molar-refractivity contribution >= 4 is 43.8 Å². The van der Waals surface area contributed by atoms with Crippen LogP contribution in [0.2, 0.25) is 0 Å². The summed E-state index contributed by atoms with van der Waals surface area (Å²) in [5, 5.41) is 4.02. The number of hydrazone groups is 1. The molecule has 0 unspecified atom stereocenters. The molecule has 3 aromatic carbocycles. The number of methoxy groups -OCH3 is 1. The second-order valence-corrected chi connectivity index (χ2v) is 9.68. The molecule has 0 aliphatic rings. The number of anilines is 1. The molecule has 0 aliphatic carbocycles. The fourth-order valence-electron chi connectivity index (χ4n) is 3.04. The number of nitrogens with one attached hydrogen (secondary N) is 1. The van der Waals surface area contributed by atoms with Gasteiger partial charge in [0, 0.05) is 10.0 Å². The second kappa shape index (κ2) is 10.4. The third-order valence-electron chi connectivity index (χ3n) is 4.55. The Morgan fingerprint density at radius 2 is 1.78 bits per heavy atom. The minimum absolute atomic E-state index is 0.0997. The van der Waals surface area contributed by atoms with Crippen molar-refractivity contribution in [1.29, 1.82) is 0 Å². The Labute approximate surface area is 195 Å². The normalized spacial score (nSPS) is 11.3. The molecule has 1 amide bonds. The minimum Gasteiger partial charge on any atom is -0.496 e. The number of carbonyl (C=O) groups excluding carboxylic acids is 1. The zero-order valence-corrected chi connectivity index (χ0v) is 19.9. The van der Waals surface area contributed by atoms with Gasteiger partial charge in [-0.3, -0.25) is 9.10 Å². The molecule has 166 valence electrons. The van der Waals surface area contributed by atoms with E-state index in [9.17, 15) is 13.2 Å². The van der Waals surface area contributed by atoms with Crippen LogP contribution < -0.4 is 14.5 Å². The van der Waals surface area contributed by atoms with Crippen molar-refractivity contribution in [2.45, 2.75) is 6.54 Å². The number of rotatable bonds is 8. The van der Waals surface area contributed by atoms with Crippen molar-refractivity contribution < 1.29 is 17.9 Å². The van der Waals surface area contributed by atoms with Crippen molar-refractivity contribution in [2.75, 3.05) is 17.7 Å². The minimum atomic E-state index is -3.66. The third kappa shape index (κ3) is 5.95. The summed E-state index contributed by atoms with van der Waals surface area (Å²) in [6, 6.07) is 21.1. The summed E-state index contributed by atoms with van der Waals surface area (Å²) < 4.78 is 32.4. The van der Waals surface area contributed by atoms with E-state index in [0.717, 1.165) is 16.3 Å². The molecule has 0 saturated heterocycles. The number of nitrogens with zero attached hydrogens (tertiary/aromatic N) is 2. The van der Waals surface area contributed by atoms with E-state index in [1.54, 1.807) is 43.5 Å². The Morgan fingerprint density at radius 3 is 2.47 bits per heavy atom. The van der Waals surface area contributed by atoms with Crippen molar-refractivity contribution in [3.63, 3.8) is 0 Å². The number of ether oxygens (including phenoxy) is 1. The van der Waals surface area contributed by atoms with Crippen LogP contribution in [0.1, 0.15) is 21.5 Å². The van der Waals surface area contributed by atoms with Gasteiger partial charge in [-0.2, -0.15) is 5.10 Å². The SMILES string of the molecule is COc1ccc(Br)cc1/C=N/NC(=O)c1ccccc1N(Cc1ccccc1)S(C)(=O)=O. The summed E-state index contributed by atoms with van der Waals surface area (Å²) in [5.74, 6) is 0.0604. The van der Waals surface area contributed by atoms with E-state index in [2.05, 4.69) is 26.5 Å². The molecule has 0 saturated carbocycles. The predicted octanol–water partition coefficient (Wildman–Crippen LogP) is 4.19. The van der Waals surface area contributed by atoms with E-state index < -0.39 is 15.9 Å². The Balaban J connectivity index is 1.88. The van der Waals surface area contributed by atoms with Gasteiger partial charge < -0.3 is 4.74 Å². The maximum atomic E-state index is 12.9. The van der Waals surface area contributed by atoms with Crippen LogP contribution in [0, 0.1) is 0 Å². The number of carbonyl (C=O) groups is 1. The maximum absolute atomic E-state index is 12.9. The molecule has 32 heavy (non-hydrogen) atoms. The highest BCUT2D eigenvalue weighted by atomic mass is 79.9. The first-order chi connectivity index (χ1) is 15.3. The number of hydrogen-bond donors (Lipinski definition) is 1. The van der Waals surface area contributed by atoms with Gasteiger partial charge in [0.15, 0.2) is 0 Å². The smallest absolute Gasteiger partial charge is 0.273 e. The monoisotopic (exact) mass is 515 g/mol. The summed E-state index contributed by atoms with van der Waals surface area (Å²) in [6.45, 7) is 0.0997. The molecule has 1 N–H and O–H groups in total. The summed E-state index contributed by atoms with van der Waals surface area (Å²) in [6.07, 6.45) is 2.57. The lowest BCUT2D eigenvalue weighted by Gasteiger charge is -2.24. The van der Waals surface area contributed by atoms with Crippen molar-refractivity contribution in [2.24, 2.45) is 5.10 Å². The third-order valence-corrected chi connectivity index (χ3v) is 6.17. The first kappa shape index (κ1) is 23.5. The molecule has 7 nitrogen and oxygen atoms in total. The molecule has 0 fully saturated rings. The Bertz CT molecular complexity index is 1230. The molecule has 0 aromatic heterocycles. The predicted molar refractivity (Wildman–Crippen MR) is 130 cm³/mol. The van der Waals surface area contributed by atoms with Gasteiger partial charge in [-0.25, -0.2) is 13.8 Å². The van der Waals surface area contributed by atoms with Crippen LogP contribution in [-0.4, -0.2) is 33.9 Å². The van der Waals surface area contributed by atoms with Gasteiger partial charge >= 0.3 is 0 Å². The number of hydrogen-bond acceptors (Lipinski definition) is 5. The molecule has 0 radical (unpaired) electrons. The summed E-state index contributed by atoms with van der Waals surface area (Å²) in [5.41, 5.74) is 4.39. The van der Waals surface area contributed by atoms with Crippen molar-refractivity contribution in [3.8, 4) is 5.75 Å². The number of sulfonamides is 1. The van der Waals surface area contributed by atoms with Crippen molar-refractivity contribution in [1.82, 2.24) is 5.43 Å². The number of amides is 1. The zero-order valence-electron chi connectivity index (χ0n) is 17.5. The Morgan fingerprint density at radius 1 is 1.09 bits per heavy atom. The van der Waals surface area contributed by atoms with Gasteiger partial charge in [-0.05, 0) is 35.9 Å². The van der Waals surface area contributed by atoms with Gasteiger partial charge in [0.05, 0.1) is 37.4 Å². The highest BCUT2D eigenvalue weighted by Crippen LogP contribution is 2.25. The molecule has 3 rings (SSSR count). The molecule has 0 bridgehead atoms. The first-order valence-electron chi connectivity index (χ1n) is 9.57. The summed E-state index contributed by atoms with van der Waals surface area (Å²) in [7, 11) is -2.11. The summed E-state index contributed by atoms with van der Waals surface area (Å²) in [4.78, 5) is 12.9. The van der Waals surface area contributed by atoms with E-state index in [0.29, 0.717) is 11.3 Å². The maximum Gasteiger partial charge on any atom is 0.273 e. The standard InChI is InChI=1S/C23H22BrN3O4S/c1-31-22-13-12-19(24)14-18(22)15-25-26-23(28)20-10-6-7-11-21(20)27(32(2,29)30)16-17-8-4-3-5-9-17/h3-15H,16H2,1-2H3,(H,26,28)/b25-15+. The fraction of sp³-hybridized carbons (Fsp3) is 0.130. The molecule has 0 heterocycles. The number of para-hydroxylation sites is 1. The van der Waals surface area contributed by atoms with E-state index in [1.165, 1.54) is 10.5 Å². The Kier molecular flexibility index (Phi) is 7.66. The van der Waals surface area contributed by atoms with Crippen LogP contribution in [-0.2, 0) is 16.6 Å². The molecule has 3 aromatic rings. The second-order valence-electron chi connectivity index (χ2n) is 6.86. The molecular formula is C23H22BrN3O4S. The molecule has 0 aliphatic heterocycles. The molecular weight excluding hydrogens is 494 g/mol. The van der Waals surface area contributed by atoms with E-state index in [-0.39, 0.29) is 17.8 Å². The average Bonchev–Trinajstić information content (AvgIpc) is 2.77. The largest absolute Gasteiger partial charge is 0.496 e. The Hall–Kier alpha value is -3.17. The van der Waals surface area contributed by atoms with Crippen LogP contribution in [0.5, 0.6) is 5.75 Å². The summed E-state index contributed by atoms with van der Waals surface area (Å²) >= 11 is 3.39. The van der Waals surface area contributed by atoms with Gasteiger partial charge in [-0.1, -0.05) is 58.4 Å². The van der Waals surface area contributed by atoms with Gasteiger partial charge in [0.1, 0.15) is 5.75 Å². The van der Waals surface area contributed by atoms with Crippen molar-refractivity contribution in [3.05, 3.63) is 94.0 Å². The highest BCUT2D eigenvalue weighted by Gasteiger charge is 2.23. The van der Waals surface area contributed by atoms with Crippen LogP contribution in [0.25, 0.3) is 0 Å². The number of benzene rings is 3. The van der Waals surface area contributed by atoms with Crippen LogP contribution >= 0.6 is 15.9 Å². The highest BCUT2D eigenvalue weighted by molar-refractivity contribution is 9.10. The van der Waals surface area contributed by atoms with E-state index in [4.69, 9.17) is 4.74 Å². The molecule has 0 atom stereocenters. The van der Waals surface area contributed by atoms with E-state index in [1.807, 2.05) is 36.4 Å².